The summed E-state index contributed by atoms with van der Waals surface area (Å²) in [4.78, 5) is 42.9. The van der Waals surface area contributed by atoms with Crippen molar-refractivity contribution in [2.45, 2.75) is 31.8 Å². The van der Waals surface area contributed by atoms with Crippen LogP contribution >= 0.6 is 11.6 Å². The Bertz CT molecular complexity index is 974. The summed E-state index contributed by atoms with van der Waals surface area (Å²) in [7, 11) is 1.63. The number of aromatic nitrogens is 1. The second kappa shape index (κ2) is 11.6. The van der Waals surface area contributed by atoms with E-state index in [9.17, 15) is 14.4 Å². The van der Waals surface area contributed by atoms with Crippen molar-refractivity contribution in [3.8, 4) is 0 Å². The first-order valence-corrected chi connectivity index (χ1v) is 11.1. The predicted molar refractivity (Wildman–Crippen MR) is 123 cm³/mol. The molecule has 1 aromatic rings. The first kappa shape index (κ1) is 24.5. The molecule has 0 fully saturated rings. The van der Waals surface area contributed by atoms with Gasteiger partial charge in [0.25, 0.3) is 5.91 Å². The van der Waals surface area contributed by atoms with Gasteiger partial charge in [0.15, 0.2) is 0 Å². The largest absolute Gasteiger partial charge is 0.478 e. The number of likely N-dealkylation sites (N-methyl/N-ethyl adjacent to an activating group) is 1. The summed E-state index contributed by atoms with van der Waals surface area (Å²) in [5.74, 6) is -0.799. The van der Waals surface area contributed by atoms with Crippen LogP contribution in [0.2, 0.25) is 5.02 Å². The zero-order chi connectivity index (χ0) is 23.8. The number of hydrogen-bond donors (Lipinski definition) is 3. The maximum atomic E-state index is 12.9. The molecule has 0 radical (unpaired) electrons. The van der Waals surface area contributed by atoms with E-state index in [1.54, 1.807) is 19.2 Å². The lowest BCUT2D eigenvalue weighted by atomic mass is 9.95. The smallest absolute Gasteiger partial charge is 0.293 e. The van der Waals surface area contributed by atoms with E-state index in [0.717, 1.165) is 0 Å². The highest BCUT2D eigenvalue weighted by molar-refractivity contribution is 6.30. The van der Waals surface area contributed by atoms with Gasteiger partial charge in [-0.15, -0.1) is 0 Å². The molecule has 1 aromatic heterocycles. The Morgan fingerprint density at radius 3 is 2.64 bits per heavy atom. The van der Waals surface area contributed by atoms with Gasteiger partial charge in [0.1, 0.15) is 11.9 Å². The van der Waals surface area contributed by atoms with Gasteiger partial charge >= 0.3 is 0 Å². The summed E-state index contributed by atoms with van der Waals surface area (Å²) in [5.41, 5.74) is 0.399. The first-order valence-electron chi connectivity index (χ1n) is 10.7. The molecule has 0 bridgehead atoms. The fourth-order valence-electron chi connectivity index (χ4n) is 3.49. The van der Waals surface area contributed by atoms with E-state index in [2.05, 4.69) is 15.6 Å². The number of aliphatic hydroxyl groups is 1. The zero-order valence-electron chi connectivity index (χ0n) is 18.3. The van der Waals surface area contributed by atoms with Crippen molar-refractivity contribution in [2.75, 3.05) is 25.5 Å². The minimum absolute atomic E-state index is 0.0344. The highest BCUT2D eigenvalue weighted by Gasteiger charge is 2.38. The number of fused-ring (bicyclic) bond motifs is 1. The van der Waals surface area contributed by atoms with Crippen LogP contribution in [0, 0.1) is 5.92 Å². The Hall–Kier alpha value is -3.17. The van der Waals surface area contributed by atoms with Gasteiger partial charge in [-0.25, -0.2) is 4.98 Å². The van der Waals surface area contributed by atoms with Crippen LogP contribution in [0.1, 0.15) is 25.7 Å². The van der Waals surface area contributed by atoms with Crippen LogP contribution in [0.3, 0.4) is 0 Å². The average molecular weight is 475 g/mol. The molecule has 2 atom stereocenters. The number of ether oxygens (including phenoxy) is 1. The lowest BCUT2D eigenvalue weighted by Crippen LogP contribution is -2.30. The zero-order valence-corrected chi connectivity index (χ0v) is 19.0. The Kier molecular flexibility index (Phi) is 8.62. The summed E-state index contributed by atoms with van der Waals surface area (Å²) < 4.78 is 5.83. The van der Waals surface area contributed by atoms with Crippen molar-refractivity contribution in [3.05, 3.63) is 59.1 Å². The second-order valence-corrected chi connectivity index (χ2v) is 8.17. The van der Waals surface area contributed by atoms with E-state index in [1.165, 1.54) is 11.1 Å². The molecule has 0 saturated carbocycles. The van der Waals surface area contributed by atoms with Crippen LogP contribution in [0.5, 0.6) is 0 Å². The number of carbonyl (C=O) groups is 3. The number of hydrogen-bond acceptors (Lipinski definition) is 6. The third-order valence-electron chi connectivity index (χ3n) is 5.27. The van der Waals surface area contributed by atoms with E-state index < -0.39 is 5.91 Å². The van der Waals surface area contributed by atoms with Crippen LogP contribution in [-0.2, 0) is 19.1 Å². The number of amides is 3. The maximum Gasteiger partial charge on any atom is 0.293 e. The Balaban J connectivity index is 1.60. The number of rotatable bonds is 10. The predicted octanol–water partition coefficient (Wildman–Crippen LogP) is 2.15. The number of anilines is 1. The molecule has 1 aliphatic carbocycles. The summed E-state index contributed by atoms with van der Waals surface area (Å²) in [6.07, 6.45) is 9.95. The summed E-state index contributed by atoms with van der Waals surface area (Å²) in [6, 6.07) is 3.18. The van der Waals surface area contributed by atoms with Crippen LogP contribution in [-0.4, -0.2) is 59.0 Å². The maximum absolute atomic E-state index is 12.9. The van der Waals surface area contributed by atoms with Gasteiger partial charge in [0.05, 0.1) is 23.2 Å². The van der Waals surface area contributed by atoms with Gasteiger partial charge in [0.2, 0.25) is 17.6 Å². The minimum atomic E-state index is -0.520. The molecular weight excluding hydrogens is 448 g/mol. The summed E-state index contributed by atoms with van der Waals surface area (Å²) in [6.45, 7) is 0.200. The molecule has 33 heavy (non-hydrogen) atoms. The van der Waals surface area contributed by atoms with Crippen LogP contribution < -0.4 is 10.6 Å². The van der Waals surface area contributed by atoms with Gasteiger partial charge < -0.3 is 25.4 Å². The summed E-state index contributed by atoms with van der Waals surface area (Å²) >= 11 is 5.83. The van der Waals surface area contributed by atoms with Gasteiger partial charge in [-0.1, -0.05) is 29.8 Å². The highest BCUT2D eigenvalue weighted by atomic mass is 35.5. The molecule has 10 heteroatoms. The molecule has 0 saturated heterocycles. The fraction of sp³-hybridized carbons (Fsp3) is 0.391. The Morgan fingerprint density at radius 1 is 1.15 bits per heavy atom. The van der Waals surface area contributed by atoms with Crippen LogP contribution in [0.4, 0.5) is 5.82 Å². The van der Waals surface area contributed by atoms with Crippen molar-refractivity contribution in [1.82, 2.24) is 15.2 Å². The van der Waals surface area contributed by atoms with Crippen molar-refractivity contribution in [1.29, 1.82) is 0 Å². The molecule has 3 rings (SSSR count). The lowest BCUT2D eigenvalue weighted by molar-refractivity contribution is -0.130. The monoisotopic (exact) mass is 474 g/mol. The number of unbranched alkanes of at least 4 members (excludes halogenated alkanes) is 1. The van der Waals surface area contributed by atoms with Crippen molar-refractivity contribution in [2.24, 2.45) is 5.92 Å². The molecule has 3 amide bonds. The van der Waals surface area contributed by atoms with Crippen molar-refractivity contribution in [3.63, 3.8) is 0 Å². The van der Waals surface area contributed by atoms with Crippen LogP contribution in [0.25, 0.3) is 0 Å². The molecular formula is C23H27ClN4O5. The van der Waals surface area contributed by atoms with Gasteiger partial charge in [-0.3, -0.25) is 14.4 Å². The average Bonchev–Trinajstić information content (AvgIpc) is 3.16. The van der Waals surface area contributed by atoms with Crippen molar-refractivity contribution < 1.29 is 24.2 Å². The number of pyridine rings is 1. The number of carbonyl (C=O) groups excluding carboxylic acids is 3. The fourth-order valence-corrected chi connectivity index (χ4v) is 3.60. The second-order valence-electron chi connectivity index (χ2n) is 7.73. The normalized spacial score (nSPS) is 18.5. The number of nitrogens with one attached hydrogen (secondary N) is 2. The Morgan fingerprint density at radius 2 is 1.91 bits per heavy atom. The van der Waals surface area contributed by atoms with E-state index in [-0.39, 0.29) is 49.2 Å². The molecule has 3 N–H and O–H groups in total. The molecule has 2 aliphatic rings. The SMILES string of the molecule is CN(CCO)C(=O)CCCCC(=O)NC1=C(C(=O)Nc2ccc(Cl)cn2)OC2C=CC=CC12. The van der Waals surface area contributed by atoms with E-state index >= 15 is 0 Å². The van der Waals surface area contributed by atoms with Crippen LogP contribution in [0.15, 0.2) is 54.1 Å². The number of halogens is 1. The molecule has 9 nitrogen and oxygen atoms in total. The number of allylic oxidation sites excluding steroid dienone is 2. The third kappa shape index (κ3) is 6.66. The quantitative estimate of drug-likeness (QED) is 0.447. The standard InChI is InChI=1S/C23H27ClN4O5/c1-28(12-13-29)20(31)9-5-4-8-19(30)27-21-16-6-2-3-7-17(16)33-22(21)23(32)26-18-11-10-15(24)14-25-18/h2-3,6-7,10-11,14,16-17,29H,4-5,8-9,12-13H2,1H3,(H,27,30)(H,25,26,32). The molecule has 0 aromatic carbocycles. The lowest BCUT2D eigenvalue weighted by Gasteiger charge is -2.17. The Labute approximate surface area is 197 Å². The first-order chi connectivity index (χ1) is 15.9. The number of aliphatic hydroxyl groups excluding tert-OH is 1. The molecule has 176 valence electrons. The third-order valence-corrected chi connectivity index (χ3v) is 5.49. The number of nitrogens with zero attached hydrogens (tertiary/aromatic N) is 2. The molecule has 2 heterocycles. The molecule has 1 aliphatic heterocycles. The van der Waals surface area contributed by atoms with E-state index in [0.29, 0.717) is 35.8 Å². The van der Waals surface area contributed by atoms with Gasteiger partial charge in [-0.2, -0.15) is 0 Å². The topological polar surface area (TPSA) is 121 Å². The minimum Gasteiger partial charge on any atom is -0.478 e. The summed E-state index contributed by atoms with van der Waals surface area (Å²) in [5, 5.41) is 14.8. The van der Waals surface area contributed by atoms with E-state index in [1.807, 2.05) is 24.3 Å². The highest BCUT2D eigenvalue weighted by Crippen LogP contribution is 2.34. The van der Waals surface area contributed by atoms with Crippen molar-refractivity contribution >= 4 is 35.1 Å². The molecule has 2 unspecified atom stereocenters. The van der Waals surface area contributed by atoms with Gasteiger partial charge in [0, 0.05) is 32.6 Å². The van der Waals surface area contributed by atoms with Gasteiger partial charge in [-0.05, 0) is 31.1 Å². The van der Waals surface area contributed by atoms with E-state index in [4.69, 9.17) is 21.4 Å². The molecule has 0 spiro atoms.